The minimum atomic E-state index is 0.273. The largest absolute Gasteiger partial charge is 0.353 e. The van der Waals surface area contributed by atoms with Gasteiger partial charge in [0.2, 0.25) is 5.91 Å². The van der Waals surface area contributed by atoms with Gasteiger partial charge in [0.05, 0.1) is 0 Å². The Morgan fingerprint density at radius 1 is 1.04 bits per heavy atom. The van der Waals surface area contributed by atoms with Gasteiger partial charge in [-0.05, 0) is 50.0 Å². The van der Waals surface area contributed by atoms with E-state index in [1.807, 2.05) is 0 Å². The van der Waals surface area contributed by atoms with Crippen LogP contribution in [0.1, 0.15) is 70.3 Å². The third-order valence-electron chi connectivity index (χ3n) is 6.37. The summed E-state index contributed by atoms with van der Waals surface area (Å²) in [4.78, 5) is 15.1. The van der Waals surface area contributed by atoms with Crippen molar-refractivity contribution in [1.82, 2.24) is 10.2 Å². The number of hydrogen-bond acceptors (Lipinski definition) is 2. The first-order valence-electron chi connectivity index (χ1n) is 10.8. The SMILES string of the molecule is CCCCC1CCC(C(=O)NC2CCN(Cc3ccccc3)CC2)CC1. The van der Waals surface area contributed by atoms with E-state index >= 15 is 0 Å². The Hall–Kier alpha value is -1.35. The molecule has 0 bridgehead atoms. The van der Waals surface area contributed by atoms with Crippen LogP contribution in [0, 0.1) is 11.8 Å². The standard InChI is InChI=1S/C23H36N2O/c1-2-3-7-19-10-12-21(13-11-19)23(26)24-22-14-16-25(17-15-22)18-20-8-5-4-6-9-20/h4-6,8-9,19,21-22H,2-3,7,10-18H2,1H3,(H,24,26). The zero-order valence-electron chi connectivity index (χ0n) is 16.5. The van der Waals surface area contributed by atoms with Crippen LogP contribution in [0.15, 0.2) is 30.3 Å². The summed E-state index contributed by atoms with van der Waals surface area (Å²) < 4.78 is 0. The molecule has 1 saturated carbocycles. The Kier molecular flexibility index (Phi) is 7.55. The lowest BCUT2D eigenvalue weighted by Crippen LogP contribution is -2.46. The number of amides is 1. The zero-order valence-corrected chi connectivity index (χ0v) is 16.5. The summed E-state index contributed by atoms with van der Waals surface area (Å²) >= 11 is 0. The van der Waals surface area contributed by atoms with Gasteiger partial charge in [-0.1, -0.05) is 56.5 Å². The van der Waals surface area contributed by atoms with Crippen molar-refractivity contribution in [3.63, 3.8) is 0 Å². The van der Waals surface area contributed by atoms with Crippen molar-refractivity contribution in [3.05, 3.63) is 35.9 Å². The molecule has 0 unspecified atom stereocenters. The first-order valence-corrected chi connectivity index (χ1v) is 10.8. The molecule has 2 aliphatic rings. The molecular weight excluding hydrogens is 320 g/mol. The summed E-state index contributed by atoms with van der Waals surface area (Å²) in [7, 11) is 0. The smallest absolute Gasteiger partial charge is 0.223 e. The molecule has 3 heteroatoms. The summed E-state index contributed by atoms with van der Waals surface area (Å²) in [5.74, 6) is 1.48. The Bertz CT molecular complexity index is 528. The third-order valence-corrected chi connectivity index (χ3v) is 6.37. The van der Waals surface area contributed by atoms with Crippen LogP contribution in [0.2, 0.25) is 0 Å². The Balaban J connectivity index is 1.35. The highest BCUT2D eigenvalue weighted by molar-refractivity contribution is 5.79. The Morgan fingerprint density at radius 2 is 1.73 bits per heavy atom. The molecule has 1 saturated heterocycles. The molecule has 3 rings (SSSR count). The van der Waals surface area contributed by atoms with E-state index in [1.165, 1.54) is 37.7 Å². The summed E-state index contributed by atoms with van der Waals surface area (Å²) in [6.07, 6.45) is 10.9. The molecule has 0 radical (unpaired) electrons. The van der Waals surface area contributed by atoms with Crippen LogP contribution in [0.25, 0.3) is 0 Å². The quantitative estimate of drug-likeness (QED) is 0.763. The normalized spacial score (nSPS) is 25.1. The number of nitrogens with one attached hydrogen (secondary N) is 1. The molecule has 2 fully saturated rings. The van der Waals surface area contributed by atoms with Gasteiger partial charge in [0, 0.05) is 31.6 Å². The predicted molar refractivity (Wildman–Crippen MR) is 108 cm³/mol. The number of likely N-dealkylation sites (tertiary alicyclic amines) is 1. The van der Waals surface area contributed by atoms with Gasteiger partial charge in [0.1, 0.15) is 0 Å². The van der Waals surface area contributed by atoms with Crippen LogP contribution >= 0.6 is 0 Å². The first kappa shape index (κ1) is 19.4. The van der Waals surface area contributed by atoms with E-state index in [0.29, 0.717) is 11.9 Å². The van der Waals surface area contributed by atoms with Crippen LogP contribution in [-0.4, -0.2) is 29.9 Å². The van der Waals surface area contributed by atoms with Gasteiger partial charge < -0.3 is 5.32 Å². The maximum atomic E-state index is 12.6. The molecule has 0 atom stereocenters. The predicted octanol–water partition coefficient (Wildman–Crippen LogP) is 4.76. The van der Waals surface area contributed by atoms with Gasteiger partial charge in [-0.15, -0.1) is 0 Å². The monoisotopic (exact) mass is 356 g/mol. The molecule has 26 heavy (non-hydrogen) atoms. The maximum absolute atomic E-state index is 12.6. The van der Waals surface area contributed by atoms with Crippen molar-refractivity contribution in [2.24, 2.45) is 11.8 Å². The van der Waals surface area contributed by atoms with Gasteiger partial charge in [0.15, 0.2) is 0 Å². The molecule has 1 heterocycles. The lowest BCUT2D eigenvalue weighted by Gasteiger charge is -2.34. The topological polar surface area (TPSA) is 32.3 Å². The summed E-state index contributed by atoms with van der Waals surface area (Å²) in [6, 6.07) is 11.1. The fourth-order valence-electron chi connectivity index (χ4n) is 4.60. The number of carbonyl (C=O) groups excluding carboxylic acids is 1. The molecule has 1 amide bonds. The minimum absolute atomic E-state index is 0.273. The lowest BCUT2D eigenvalue weighted by molar-refractivity contribution is -0.127. The highest BCUT2D eigenvalue weighted by atomic mass is 16.1. The average Bonchev–Trinajstić information content (AvgIpc) is 2.69. The first-order chi connectivity index (χ1) is 12.7. The third kappa shape index (κ3) is 5.84. The fourth-order valence-corrected chi connectivity index (χ4v) is 4.60. The van der Waals surface area contributed by atoms with Gasteiger partial charge in [0.25, 0.3) is 0 Å². The maximum Gasteiger partial charge on any atom is 0.223 e. The highest BCUT2D eigenvalue weighted by Crippen LogP contribution is 2.32. The van der Waals surface area contributed by atoms with Crippen molar-refractivity contribution < 1.29 is 4.79 Å². The van der Waals surface area contributed by atoms with E-state index in [9.17, 15) is 4.79 Å². The van der Waals surface area contributed by atoms with E-state index in [1.54, 1.807) is 0 Å². The lowest BCUT2D eigenvalue weighted by atomic mass is 9.79. The second kappa shape index (κ2) is 10.1. The van der Waals surface area contributed by atoms with Gasteiger partial charge in [-0.25, -0.2) is 0 Å². The summed E-state index contributed by atoms with van der Waals surface area (Å²) in [5.41, 5.74) is 1.38. The molecule has 1 N–H and O–H groups in total. The number of piperidine rings is 1. The fraction of sp³-hybridized carbons (Fsp3) is 0.696. The Labute approximate surface area is 159 Å². The molecular formula is C23H36N2O. The van der Waals surface area contributed by atoms with Crippen molar-refractivity contribution in [1.29, 1.82) is 0 Å². The molecule has 3 nitrogen and oxygen atoms in total. The van der Waals surface area contributed by atoms with E-state index in [0.717, 1.165) is 51.2 Å². The molecule has 144 valence electrons. The molecule has 0 spiro atoms. The number of benzene rings is 1. The Morgan fingerprint density at radius 3 is 2.38 bits per heavy atom. The second-order valence-corrected chi connectivity index (χ2v) is 8.40. The van der Waals surface area contributed by atoms with Crippen LogP contribution in [0.4, 0.5) is 0 Å². The highest BCUT2D eigenvalue weighted by Gasteiger charge is 2.28. The van der Waals surface area contributed by atoms with Crippen LogP contribution in [0.3, 0.4) is 0 Å². The van der Waals surface area contributed by atoms with Crippen molar-refractivity contribution in [3.8, 4) is 0 Å². The zero-order chi connectivity index (χ0) is 18.2. The van der Waals surface area contributed by atoms with Gasteiger partial charge in [-0.3, -0.25) is 9.69 Å². The van der Waals surface area contributed by atoms with E-state index in [2.05, 4.69) is 47.5 Å². The molecule has 1 aromatic rings. The number of unbranched alkanes of at least 4 members (excludes halogenated alkanes) is 1. The number of carbonyl (C=O) groups is 1. The second-order valence-electron chi connectivity index (χ2n) is 8.40. The molecule has 1 aromatic carbocycles. The van der Waals surface area contributed by atoms with Crippen molar-refractivity contribution in [2.75, 3.05) is 13.1 Å². The molecule has 0 aromatic heterocycles. The van der Waals surface area contributed by atoms with Gasteiger partial charge in [-0.2, -0.15) is 0 Å². The summed E-state index contributed by atoms with van der Waals surface area (Å²) in [6.45, 7) is 5.47. The number of rotatable bonds is 7. The van der Waals surface area contributed by atoms with Crippen molar-refractivity contribution >= 4 is 5.91 Å². The minimum Gasteiger partial charge on any atom is -0.353 e. The van der Waals surface area contributed by atoms with E-state index < -0.39 is 0 Å². The number of hydrogen-bond donors (Lipinski definition) is 1. The molecule has 1 aliphatic carbocycles. The van der Waals surface area contributed by atoms with E-state index in [4.69, 9.17) is 0 Å². The summed E-state index contributed by atoms with van der Waals surface area (Å²) in [5, 5.41) is 3.37. The van der Waals surface area contributed by atoms with Crippen LogP contribution in [0.5, 0.6) is 0 Å². The van der Waals surface area contributed by atoms with Crippen molar-refractivity contribution in [2.45, 2.75) is 77.3 Å². The average molecular weight is 357 g/mol. The van der Waals surface area contributed by atoms with Crippen LogP contribution < -0.4 is 5.32 Å². The van der Waals surface area contributed by atoms with E-state index in [-0.39, 0.29) is 5.92 Å². The van der Waals surface area contributed by atoms with Crippen LogP contribution in [-0.2, 0) is 11.3 Å². The van der Waals surface area contributed by atoms with Gasteiger partial charge >= 0.3 is 0 Å². The molecule has 1 aliphatic heterocycles. The number of nitrogens with zero attached hydrogens (tertiary/aromatic N) is 1.